The number of carbonyl (C=O) groups is 2. The Morgan fingerprint density at radius 3 is 2.84 bits per heavy atom. The van der Waals surface area contributed by atoms with Crippen molar-refractivity contribution >= 4 is 34.9 Å². The quantitative estimate of drug-likeness (QED) is 0.869. The predicted octanol–water partition coefficient (Wildman–Crippen LogP) is 2.00. The number of nitrogens with one attached hydrogen (secondary N) is 1. The Morgan fingerprint density at radius 2 is 2.16 bits per heavy atom. The highest BCUT2D eigenvalue weighted by Gasteiger charge is 2.27. The second-order valence-corrected chi connectivity index (χ2v) is 5.30. The molecule has 1 atom stereocenters. The minimum absolute atomic E-state index is 0.0480. The van der Waals surface area contributed by atoms with Crippen LogP contribution in [0.3, 0.4) is 0 Å². The van der Waals surface area contributed by atoms with Crippen LogP contribution in [0.2, 0.25) is 10.0 Å². The summed E-state index contributed by atoms with van der Waals surface area (Å²) in [5.74, 6) is -0.117. The molecule has 1 aliphatic heterocycles. The number of nitrogens with zero attached hydrogens (tertiary/aromatic N) is 1. The summed E-state index contributed by atoms with van der Waals surface area (Å²) in [5.41, 5.74) is 0.507. The molecule has 1 fully saturated rings. The van der Waals surface area contributed by atoms with Crippen molar-refractivity contribution in [3.8, 4) is 0 Å². The van der Waals surface area contributed by atoms with E-state index in [1.54, 1.807) is 25.1 Å². The van der Waals surface area contributed by atoms with Crippen LogP contribution in [0.25, 0.3) is 0 Å². The van der Waals surface area contributed by atoms with Crippen LogP contribution in [0, 0.1) is 0 Å². The average Bonchev–Trinajstić information content (AvgIpc) is 2.38. The van der Waals surface area contributed by atoms with Crippen LogP contribution in [-0.2, 0) is 4.79 Å². The Morgan fingerprint density at radius 1 is 1.42 bits per heavy atom. The lowest BCUT2D eigenvalue weighted by molar-refractivity contribution is -0.127. The third-order valence-corrected chi connectivity index (χ3v) is 3.95. The maximum Gasteiger partial charge on any atom is 0.237 e. The lowest BCUT2D eigenvalue weighted by Crippen LogP contribution is -2.55. The molecular weight excluding hydrogens is 287 g/mol. The van der Waals surface area contributed by atoms with Gasteiger partial charge in [-0.25, -0.2) is 0 Å². The van der Waals surface area contributed by atoms with E-state index in [0.29, 0.717) is 28.7 Å². The third kappa shape index (κ3) is 3.26. The van der Waals surface area contributed by atoms with E-state index < -0.39 is 0 Å². The number of hydrogen-bond donors (Lipinski definition) is 1. The first kappa shape index (κ1) is 14.3. The SMILES string of the molecule is CC1C(=O)NCCN1CC(=O)c1ccc(Cl)c(Cl)c1. The largest absolute Gasteiger partial charge is 0.353 e. The fourth-order valence-electron chi connectivity index (χ4n) is 1.99. The van der Waals surface area contributed by atoms with Gasteiger partial charge >= 0.3 is 0 Å². The summed E-state index contributed by atoms with van der Waals surface area (Å²) in [5, 5.41) is 3.54. The summed E-state index contributed by atoms with van der Waals surface area (Å²) >= 11 is 11.7. The van der Waals surface area contributed by atoms with E-state index in [9.17, 15) is 9.59 Å². The molecule has 1 aromatic rings. The predicted molar refractivity (Wildman–Crippen MR) is 74.8 cm³/mol. The number of hydrogen-bond acceptors (Lipinski definition) is 3. The zero-order valence-corrected chi connectivity index (χ0v) is 12.0. The number of piperazine rings is 1. The molecule has 1 aromatic carbocycles. The van der Waals surface area contributed by atoms with Crippen LogP contribution >= 0.6 is 23.2 Å². The van der Waals surface area contributed by atoms with Crippen molar-refractivity contribution in [1.29, 1.82) is 0 Å². The van der Waals surface area contributed by atoms with E-state index in [1.807, 2.05) is 4.90 Å². The molecule has 19 heavy (non-hydrogen) atoms. The lowest BCUT2D eigenvalue weighted by atomic mass is 10.1. The van der Waals surface area contributed by atoms with Gasteiger partial charge in [0.15, 0.2) is 5.78 Å². The Labute approximate surface area is 121 Å². The van der Waals surface area contributed by atoms with Gasteiger partial charge in [0, 0.05) is 18.7 Å². The molecule has 1 amide bonds. The van der Waals surface area contributed by atoms with Gasteiger partial charge in [0.2, 0.25) is 5.91 Å². The van der Waals surface area contributed by atoms with Crippen molar-refractivity contribution in [3.63, 3.8) is 0 Å². The smallest absolute Gasteiger partial charge is 0.237 e. The number of rotatable bonds is 3. The first-order chi connectivity index (χ1) is 8.99. The number of amides is 1. The highest BCUT2D eigenvalue weighted by molar-refractivity contribution is 6.42. The maximum absolute atomic E-state index is 12.2. The summed E-state index contributed by atoms with van der Waals surface area (Å²) in [6.07, 6.45) is 0. The summed E-state index contributed by atoms with van der Waals surface area (Å²) in [6, 6.07) is 4.51. The fraction of sp³-hybridized carbons (Fsp3) is 0.385. The van der Waals surface area contributed by atoms with E-state index in [0.717, 1.165) is 0 Å². The minimum atomic E-state index is -0.291. The molecule has 2 rings (SSSR count). The molecule has 0 aliphatic carbocycles. The normalized spacial score (nSPS) is 20.2. The Balaban J connectivity index is 2.08. The van der Waals surface area contributed by atoms with Crippen LogP contribution in [0.15, 0.2) is 18.2 Å². The second-order valence-electron chi connectivity index (χ2n) is 4.49. The average molecular weight is 301 g/mol. The van der Waals surface area contributed by atoms with Gasteiger partial charge in [-0.2, -0.15) is 0 Å². The summed E-state index contributed by atoms with van der Waals surface area (Å²) in [6.45, 7) is 3.22. The van der Waals surface area contributed by atoms with Crippen molar-refractivity contribution in [2.45, 2.75) is 13.0 Å². The monoisotopic (exact) mass is 300 g/mol. The Hall–Kier alpha value is -1.10. The topological polar surface area (TPSA) is 49.4 Å². The fourth-order valence-corrected chi connectivity index (χ4v) is 2.29. The highest BCUT2D eigenvalue weighted by Crippen LogP contribution is 2.23. The molecule has 0 aromatic heterocycles. The molecular formula is C13H14Cl2N2O2. The van der Waals surface area contributed by atoms with Crippen LogP contribution < -0.4 is 5.32 Å². The molecule has 1 aliphatic rings. The molecule has 4 nitrogen and oxygen atoms in total. The van der Waals surface area contributed by atoms with E-state index >= 15 is 0 Å². The highest BCUT2D eigenvalue weighted by atomic mass is 35.5. The first-order valence-electron chi connectivity index (χ1n) is 5.99. The van der Waals surface area contributed by atoms with Gasteiger partial charge in [-0.15, -0.1) is 0 Å². The van der Waals surface area contributed by atoms with Crippen LogP contribution in [0.5, 0.6) is 0 Å². The number of Topliss-reactive ketones (excluding diaryl/α,β-unsaturated/α-hetero) is 1. The van der Waals surface area contributed by atoms with E-state index in [-0.39, 0.29) is 24.3 Å². The van der Waals surface area contributed by atoms with Crippen molar-refractivity contribution in [2.75, 3.05) is 19.6 Å². The van der Waals surface area contributed by atoms with Crippen molar-refractivity contribution in [3.05, 3.63) is 33.8 Å². The van der Waals surface area contributed by atoms with E-state index in [4.69, 9.17) is 23.2 Å². The van der Waals surface area contributed by atoms with Crippen molar-refractivity contribution in [2.24, 2.45) is 0 Å². The standard InChI is InChI=1S/C13H14Cl2N2O2/c1-8-13(19)16-4-5-17(8)7-12(18)9-2-3-10(14)11(15)6-9/h2-3,6,8H,4-5,7H2,1H3,(H,16,19). The molecule has 1 unspecified atom stereocenters. The van der Waals surface area contributed by atoms with E-state index in [1.165, 1.54) is 0 Å². The maximum atomic E-state index is 12.2. The van der Waals surface area contributed by atoms with Gasteiger partial charge in [0.05, 0.1) is 22.6 Å². The summed E-state index contributed by atoms with van der Waals surface area (Å²) in [4.78, 5) is 25.5. The van der Waals surface area contributed by atoms with Gasteiger partial charge in [0.25, 0.3) is 0 Å². The minimum Gasteiger partial charge on any atom is -0.353 e. The number of carbonyl (C=O) groups excluding carboxylic acids is 2. The molecule has 1 saturated heterocycles. The summed E-state index contributed by atoms with van der Waals surface area (Å²) in [7, 11) is 0. The van der Waals surface area contributed by atoms with Gasteiger partial charge in [-0.05, 0) is 25.1 Å². The second kappa shape index (κ2) is 5.90. The van der Waals surface area contributed by atoms with Crippen LogP contribution in [-0.4, -0.2) is 42.3 Å². The first-order valence-corrected chi connectivity index (χ1v) is 6.74. The third-order valence-electron chi connectivity index (χ3n) is 3.21. The Kier molecular flexibility index (Phi) is 4.45. The van der Waals surface area contributed by atoms with Crippen molar-refractivity contribution < 1.29 is 9.59 Å². The number of ketones is 1. The molecule has 0 bridgehead atoms. The zero-order chi connectivity index (χ0) is 14.0. The van der Waals surface area contributed by atoms with E-state index in [2.05, 4.69) is 5.32 Å². The lowest BCUT2D eigenvalue weighted by Gasteiger charge is -2.32. The molecule has 102 valence electrons. The van der Waals surface area contributed by atoms with Gasteiger partial charge in [0.1, 0.15) is 0 Å². The molecule has 0 radical (unpaired) electrons. The molecule has 1 N–H and O–H groups in total. The summed E-state index contributed by atoms with van der Waals surface area (Å²) < 4.78 is 0. The van der Waals surface area contributed by atoms with Gasteiger partial charge < -0.3 is 5.32 Å². The molecule has 6 heteroatoms. The van der Waals surface area contributed by atoms with Crippen LogP contribution in [0.1, 0.15) is 17.3 Å². The molecule has 0 saturated carbocycles. The van der Waals surface area contributed by atoms with Crippen LogP contribution in [0.4, 0.5) is 0 Å². The number of halogens is 2. The number of benzene rings is 1. The molecule has 1 heterocycles. The van der Waals surface area contributed by atoms with Crippen molar-refractivity contribution in [1.82, 2.24) is 10.2 Å². The zero-order valence-electron chi connectivity index (χ0n) is 10.5. The Bertz CT molecular complexity index is 519. The molecule has 0 spiro atoms. The van der Waals surface area contributed by atoms with Gasteiger partial charge in [-0.3, -0.25) is 14.5 Å². The van der Waals surface area contributed by atoms with Gasteiger partial charge in [-0.1, -0.05) is 23.2 Å².